The third-order valence-corrected chi connectivity index (χ3v) is 17.2. The number of phosphoric acid groups is 1. The van der Waals surface area contributed by atoms with Crippen LogP contribution in [0.15, 0.2) is 24.3 Å². The van der Waals surface area contributed by atoms with Crippen LogP contribution in [-0.2, 0) is 32.7 Å². The Labute approximate surface area is 504 Å². The minimum absolute atomic E-state index is 0.0363. The lowest BCUT2D eigenvalue weighted by atomic mass is 10.0. The van der Waals surface area contributed by atoms with Gasteiger partial charge in [0, 0.05) is 12.8 Å². The van der Waals surface area contributed by atoms with Crippen LogP contribution < -0.4 is 0 Å². The van der Waals surface area contributed by atoms with Crippen LogP contribution >= 0.6 is 7.82 Å². The number of quaternary nitrogens is 1. The van der Waals surface area contributed by atoms with E-state index in [2.05, 4.69) is 38.2 Å². The average Bonchev–Trinajstić information content (AvgIpc) is 3.43. The predicted molar refractivity (Wildman–Crippen MR) is 349 cm³/mol. The molecule has 0 saturated heterocycles. The van der Waals surface area contributed by atoms with Crippen molar-refractivity contribution in [2.75, 3.05) is 47.5 Å². The number of rotatable bonds is 67. The molecule has 0 rings (SSSR count). The topological polar surface area (TPSA) is 108 Å². The highest BCUT2D eigenvalue weighted by Gasteiger charge is 2.27. The summed E-state index contributed by atoms with van der Waals surface area (Å²) in [6.45, 7) is 4.50. The van der Waals surface area contributed by atoms with Crippen LogP contribution in [0.2, 0.25) is 0 Å². The lowest BCUT2D eigenvalue weighted by molar-refractivity contribution is -0.870. The number of esters is 2. The van der Waals surface area contributed by atoms with Crippen LogP contribution in [0, 0.1) is 0 Å². The van der Waals surface area contributed by atoms with E-state index in [0.717, 1.165) is 44.9 Å². The van der Waals surface area contributed by atoms with E-state index < -0.39 is 26.5 Å². The molecule has 0 bridgehead atoms. The smallest absolute Gasteiger partial charge is 0.462 e. The molecule has 0 aromatic carbocycles. The van der Waals surface area contributed by atoms with E-state index in [4.69, 9.17) is 18.5 Å². The van der Waals surface area contributed by atoms with Gasteiger partial charge in [-0.1, -0.05) is 334 Å². The zero-order valence-electron chi connectivity index (χ0n) is 54.8. The largest absolute Gasteiger partial charge is 0.472 e. The number of unbranched alkanes of at least 4 members (excludes halogenated alkanes) is 49. The molecule has 0 aliphatic rings. The lowest BCUT2D eigenvalue weighted by Crippen LogP contribution is -2.37. The molecular formula is C71H139NO8P+. The van der Waals surface area contributed by atoms with E-state index >= 15 is 0 Å². The fourth-order valence-corrected chi connectivity index (χ4v) is 11.5. The Morgan fingerprint density at radius 2 is 0.667 bits per heavy atom. The number of nitrogens with zero attached hydrogens (tertiary/aromatic N) is 1. The molecule has 0 aromatic heterocycles. The van der Waals surface area contributed by atoms with Crippen molar-refractivity contribution in [3.8, 4) is 0 Å². The second-order valence-corrected chi connectivity index (χ2v) is 27.1. The molecule has 0 heterocycles. The number of ether oxygens (including phenoxy) is 2. The molecule has 2 unspecified atom stereocenters. The predicted octanol–water partition coefficient (Wildman–Crippen LogP) is 22.9. The van der Waals surface area contributed by atoms with Crippen LogP contribution in [0.5, 0.6) is 0 Å². The maximum atomic E-state index is 12.9. The first-order chi connectivity index (χ1) is 39.5. The summed E-state index contributed by atoms with van der Waals surface area (Å²) in [6.07, 6.45) is 78.7. The minimum Gasteiger partial charge on any atom is -0.462 e. The van der Waals surface area contributed by atoms with Crippen LogP contribution in [-0.4, -0.2) is 74.9 Å². The highest BCUT2D eigenvalue weighted by Crippen LogP contribution is 2.43. The maximum Gasteiger partial charge on any atom is 0.472 e. The van der Waals surface area contributed by atoms with Gasteiger partial charge < -0.3 is 18.9 Å². The van der Waals surface area contributed by atoms with Crippen molar-refractivity contribution >= 4 is 19.8 Å². The summed E-state index contributed by atoms with van der Waals surface area (Å²) in [5.74, 6) is -0.772. The third kappa shape index (κ3) is 67.5. The molecule has 81 heavy (non-hydrogen) atoms. The first kappa shape index (κ1) is 79.5. The summed E-state index contributed by atoms with van der Waals surface area (Å²) < 4.78 is 34.7. The van der Waals surface area contributed by atoms with E-state index in [-0.39, 0.29) is 25.6 Å². The summed E-state index contributed by atoms with van der Waals surface area (Å²) in [7, 11) is 1.50. The molecule has 9 nitrogen and oxygen atoms in total. The number of carbonyl (C=O) groups excluding carboxylic acids is 2. The molecule has 2 atom stereocenters. The monoisotopic (exact) mass is 1170 g/mol. The minimum atomic E-state index is -4.38. The summed E-state index contributed by atoms with van der Waals surface area (Å²) in [4.78, 5) is 35.8. The highest BCUT2D eigenvalue weighted by molar-refractivity contribution is 7.47. The van der Waals surface area contributed by atoms with Crippen molar-refractivity contribution in [2.24, 2.45) is 0 Å². The number of hydrogen-bond donors (Lipinski definition) is 1. The Hall–Kier alpha value is -1.51. The molecule has 0 aliphatic carbocycles. The summed E-state index contributed by atoms with van der Waals surface area (Å²) in [6, 6.07) is 0. The Kier molecular flexibility index (Phi) is 61.8. The molecular weight excluding hydrogens is 1030 g/mol. The van der Waals surface area contributed by atoms with E-state index in [1.807, 2.05) is 21.1 Å². The number of carbonyl (C=O) groups is 2. The normalized spacial score (nSPS) is 13.2. The molecule has 0 fully saturated rings. The first-order valence-corrected chi connectivity index (χ1v) is 37.1. The van der Waals surface area contributed by atoms with Crippen molar-refractivity contribution in [1.82, 2.24) is 0 Å². The Bertz CT molecular complexity index is 1420. The highest BCUT2D eigenvalue weighted by atomic mass is 31.2. The van der Waals surface area contributed by atoms with Crippen molar-refractivity contribution in [3.63, 3.8) is 0 Å². The van der Waals surface area contributed by atoms with E-state index in [9.17, 15) is 19.0 Å². The van der Waals surface area contributed by atoms with Gasteiger partial charge in [-0.3, -0.25) is 18.6 Å². The van der Waals surface area contributed by atoms with E-state index in [0.29, 0.717) is 17.4 Å². The van der Waals surface area contributed by atoms with Gasteiger partial charge in [0.1, 0.15) is 19.8 Å². The van der Waals surface area contributed by atoms with E-state index in [1.165, 1.54) is 295 Å². The molecule has 10 heteroatoms. The van der Waals surface area contributed by atoms with Crippen molar-refractivity contribution in [1.29, 1.82) is 0 Å². The molecule has 1 N–H and O–H groups in total. The molecule has 0 aromatic rings. The molecule has 480 valence electrons. The second kappa shape index (κ2) is 63.0. The van der Waals surface area contributed by atoms with Gasteiger partial charge in [0.2, 0.25) is 0 Å². The van der Waals surface area contributed by atoms with Gasteiger partial charge in [-0.25, -0.2) is 4.57 Å². The standard InChI is InChI=1S/C71H138NO8P/c1-6-8-10-12-14-16-18-20-22-24-26-28-29-30-31-32-33-34-35-36-37-38-39-40-41-42-43-44-46-48-50-52-54-56-58-60-62-64-71(74)80-69(68-79-81(75,76)78-66-65-72(3,4)5)67-77-70(73)63-61-59-57-55-53-51-49-47-45-27-25-23-21-19-17-15-13-11-9-7-2/h18,20,24,26,69H,6-17,19,21-23,25,27-68H2,1-5H3/p+1/b20-18-,26-24-. The second-order valence-electron chi connectivity index (χ2n) is 25.6. The zero-order chi connectivity index (χ0) is 59.1. The van der Waals surface area contributed by atoms with Gasteiger partial charge in [-0.15, -0.1) is 0 Å². The Balaban J connectivity index is 3.92. The SMILES string of the molecule is CCCCCCC/C=C\C/C=C\CCCCCCCCCCCCCCCCCCCCCCCCCCCC(=O)OC(COC(=O)CCCCCCCCCCCCCCCCCCCCCC)COP(=O)(O)OCC[N+](C)(C)C. The number of phosphoric ester groups is 1. The number of likely N-dealkylation sites (N-methyl/N-ethyl adjacent to an activating group) is 1. The number of allylic oxidation sites excluding steroid dienone is 4. The van der Waals surface area contributed by atoms with Crippen molar-refractivity contribution < 1.29 is 42.1 Å². The third-order valence-electron chi connectivity index (χ3n) is 16.2. The molecule has 0 saturated carbocycles. The van der Waals surface area contributed by atoms with Crippen LogP contribution in [0.25, 0.3) is 0 Å². The van der Waals surface area contributed by atoms with Gasteiger partial charge in [-0.05, 0) is 44.9 Å². The van der Waals surface area contributed by atoms with Gasteiger partial charge >= 0.3 is 19.8 Å². The van der Waals surface area contributed by atoms with Gasteiger partial charge in [-0.2, -0.15) is 0 Å². The molecule has 0 spiro atoms. The molecule has 0 radical (unpaired) electrons. The van der Waals surface area contributed by atoms with Crippen molar-refractivity contribution in [3.05, 3.63) is 24.3 Å². The zero-order valence-corrected chi connectivity index (χ0v) is 55.7. The average molecular weight is 1170 g/mol. The quantitative estimate of drug-likeness (QED) is 0.0211. The van der Waals surface area contributed by atoms with Crippen LogP contribution in [0.1, 0.15) is 367 Å². The Morgan fingerprint density at radius 3 is 0.975 bits per heavy atom. The maximum absolute atomic E-state index is 12.9. The van der Waals surface area contributed by atoms with Gasteiger partial charge in [0.25, 0.3) is 0 Å². The van der Waals surface area contributed by atoms with Crippen LogP contribution in [0.4, 0.5) is 0 Å². The fraction of sp³-hybridized carbons (Fsp3) is 0.915. The first-order valence-electron chi connectivity index (χ1n) is 35.6. The van der Waals surface area contributed by atoms with E-state index in [1.54, 1.807) is 0 Å². The van der Waals surface area contributed by atoms with Crippen molar-refractivity contribution in [2.45, 2.75) is 373 Å². The number of hydrogen-bond acceptors (Lipinski definition) is 7. The summed E-state index contributed by atoms with van der Waals surface area (Å²) in [5, 5.41) is 0. The van der Waals surface area contributed by atoms with Gasteiger partial charge in [0.05, 0.1) is 27.7 Å². The Morgan fingerprint density at radius 1 is 0.383 bits per heavy atom. The summed E-state index contributed by atoms with van der Waals surface area (Å²) >= 11 is 0. The summed E-state index contributed by atoms with van der Waals surface area (Å²) in [5.41, 5.74) is 0. The fourth-order valence-electron chi connectivity index (χ4n) is 10.8. The van der Waals surface area contributed by atoms with Crippen LogP contribution in [0.3, 0.4) is 0 Å². The molecule has 0 aliphatic heterocycles. The lowest BCUT2D eigenvalue weighted by Gasteiger charge is -2.24. The van der Waals surface area contributed by atoms with Gasteiger partial charge in [0.15, 0.2) is 6.10 Å². The molecule has 0 amide bonds.